The number of aromatic nitrogens is 1. The summed E-state index contributed by atoms with van der Waals surface area (Å²) in [4.78, 5) is 15.0. The van der Waals surface area contributed by atoms with Crippen LogP contribution in [0.5, 0.6) is 0 Å². The van der Waals surface area contributed by atoms with Crippen molar-refractivity contribution in [1.82, 2.24) is 10.5 Å². The van der Waals surface area contributed by atoms with Crippen LogP contribution >= 0.6 is 15.9 Å². The third-order valence-corrected chi connectivity index (χ3v) is 2.63. The molecule has 1 aromatic carbocycles. The molecule has 82 valence electrons. The molecule has 6 heteroatoms. The fraction of sp³-hybridized carbons (Fsp3) is 0. The summed E-state index contributed by atoms with van der Waals surface area (Å²) in [6, 6.07) is 7.33. The number of carbonyl (C=O) groups is 1. The minimum absolute atomic E-state index is 0.0215. The second-order valence-electron chi connectivity index (χ2n) is 2.96. The summed E-state index contributed by atoms with van der Waals surface area (Å²) in [5.74, 6) is -0.395. The maximum Gasteiger partial charge on any atom is 0.296 e. The van der Waals surface area contributed by atoms with E-state index in [4.69, 9.17) is 9.62 Å². The highest BCUT2D eigenvalue weighted by molar-refractivity contribution is 9.10. The van der Waals surface area contributed by atoms with Crippen LogP contribution < -0.4 is 5.48 Å². The first-order valence-electron chi connectivity index (χ1n) is 4.37. The van der Waals surface area contributed by atoms with Crippen LogP contribution in [0.2, 0.25) is 0 Å². The molecule has 0 unspecified atom stereocenters. The van der Waals surface area contributed by atoms with Crippen LogP contribution in [0.4, 0.5) is 0 Å². The molecule has 0 bridgehead atoms. The number of hydroxylamine groups is 1. The predicted octanol–water partition coefficient (Wildman–Crippen LogP) is 2.22. The van der Waals surface area contributed by atoms with Crippen molar-refractivity contribution in [2.24, 2.45) is 0 Å². The molecule has 0 aliphatic heterocycles. The SMILES string of the molecule is O=C(NO)c1coc(-c2ccccc2Br)n1. The van der Waals surface area contributed by atoms with Crippen LogP contribution in [0.1, 0.15) is 10.5 Å². The average Bonchev–Trinajstić information content (AvgIpc) is 2.78. The molecule has 0 atom stereocenters. The Hall–Kier alpha value is -1.66. The van der Waals surface area contributed by atoms with E-state index in [1.165, 1.54) is 11.7 Å². The summed E-state index contributed by atoms with van der Waals surface area (Å²) < 4.78 is 5.95. The third kappa shape index (κ3) is 1.98. The number of benzene rings is 1. The number of halogens is 1. The van der Waals surface area contributed by atoms with Gasteiger partial charge in [-0.2, -0.15) is 0 Å². The largest absolute Gasteiger partial charge is 0.444 e. The van der Waals surface area contributed by atoms with Crippen molar-refractivity contribution < 1.29 is 14.4 Å². The number of rotatable bonds is 2. The van der Waals surface area contributed by atoms with Crippen molar-refractivity contribution in [3.8, 4) is 11.5 Å². The molecule has 2 N–H and O–H groups in total. The van der Waals surface area contributed by atoms with Gasteiger partial charge in [-0.05, 0) is 28.1 Å². The Balaban J connectivity index is 2.39. The highest BCUT2D eigenvalue weighted by Crippen LogP contribution is 2.26. The Bertz CT molecular complexity index is 524. The van der Waals surface area contributed by atoms with Gasteiger partial charge in [0.2, 0.25) is 5.89 Å². The van der Waals surface area contributed by atoms with Crippen LogP contribution in [-0.4, -0.2) is 16.1 Å². The fourth-order valence-corrected chi connectivity index (χ4v) is 1.65. The minimum Gasteiger partial charge on any atom is -0.444 e. The third-order valence-electron chi connectivity index (χ3n) is 1.94. The van der Waals surface area contributed by atoms with Crippen molar-refractivity contribution in [3.63, 3.8) is 0 Å². The highest BCUT2D eigenvalue weighted by atomic mass is 79.9. The van der Waals surface area contributed by atoms with Crippen molar-refractivity contribution in [3.05, 3.63) is 40.7 Å². The van der Waals surface area contributed by atoms with Gasteiger partial charge in [-0.15, -0.1) is 0 Å². The molecular formula is C10H7BrN2O3. The number of carbonyl (C=O) groups excluding carboxylic acids is 1. The zero-order valence-corrected chi connectivity index (χ0v) is 9.56. The standard InChI is InChI=1S/C10H7BrN2O3/c11-7-4-2-1-3-6(7)10-12-8(5-16-10)9(14)13-15/h1-5,15H,(H,13,14). The lowest BCUT2D eigenvalue weighted by Gasteiger charge is -1.97. The Labute approximate surface area is 99.2 Å². The van der Waals surface area contributed by atoms with Crippen LogP contribution in [-0.2, 0) is 0 Å². The second kappa shape index (κ2) is 4.46. The first-order valence-corrected chi connectivity index (χ1v) is 5.16. The molecule has 5 nitrogen and oxygen atoms in total. The number of hydrogen-bond acceptors (Lipinski definition) is 4. The van der Waals surface area contributed by atoms with E-state index in [1.807, 2.05) is 18.2 Å². The average molecular weight is 283 g/mol. The summed E-state index contributed by atoms with van der Waals surface area (Å²) >= 11 is 3.35. The number of nitrogens with zero attached hydrogens (tertiary/aromatic N) is 1. The van der Waals surface area contributed by atoms with E-state index in [9.17, 15) is 4.79 Å². The molecule has 0 aliphatic carbocycles. The van der Waals surface area contributed by atoms with Gasteiger partial charge < -0.3 is 4.42 Å². The molecule has 1 aromatic heterocycles. The molecule has 0 aliphatic rings. The van der Waals surface area contributed by atoms with E-state index in [1.54, 1.807) is 6.07 Å². The van der Waals surface area contributed by atoms with E-state index >= 15 is 0 Å². The van der Waals surface area contributed by atoms with E-state index in [-0.39, 0.29) is 5.69 Å². The van der Waals surface area contributed by atoms with Crippen molar-refractivity contribution >= 4 is 21.8 Å². The molecule has 16 heavy (non-hydrogen) atoms. The highest BCUT2D eigenvalue weighted by Gasteiger charge is 2.13. The Morgan fingerprint density at radius 2 is 2.19 bits per heavy atom. The minimum atomic E-state index is -0.706. The zero-order valence-electron chi connectivity index (χ0n) is 7.98. The Morgan fingerprint density at radius 3 is 2.88 bits per heavy atom. The molecule has 0 radical (unpaired) electrons. The van der Waals surface area contributed by atoms with Gasteiger partial charge in [0.15, 0.2) is 5.69 Å². The molecule has 0 spiro atoms. The number of hydrogen-bond donors (Lipinski definition) is 2. The van der Waals surface area contributed by atoms with Gasteiger partial charge >= 0.3 is 0 Å². The van der Waals surface area contributed by atoms with Crippen LogP contribution in [0.15, 0.2) is 39.4 Å². The number of amides is 1. The first-order chi connectivity index (χ1) is 7.72. The molecule has 0 saturated carbocycles. The lowest BCUT2D eigenvalue weighted by molar-refractivity contribution is 0.0700. The summed E-state index contributed by atoms with van der Waals surface area (Å²) in [5.41, 5.74) is 2.24. The van der Waals surface area contributed by atoms with Crippen molar-refractivity contribution in [1.29, 1.82) is 0 Å². The van der Waals surface area contributed by atoms with Gasteiger partial charge in [0.25, 0.3) is 5.91 Å². The maximum atomic E-state index is 11.0. The Kier molecular flexibility index (Phi) is 3.02. The maximum absolute atomic E-state index is 11.0. The van der Waals surface area contributed by atoms with E-state index in [0.29, 0.717) is 5.89 Å². The van der Waals surface area contributed by atoms with E-state index < -0.39 is 5.91 Å². The quantitative estimate of drug-likeness (QED) is 0.654. The lowest BCUT2D eigenvalue weighted by Crippen LogP contribution is -2.18. The van der Waals surface area contributed by atoms with E-state index in [2.05, 4.69) is 20.9 Å². The molecule has 1 heterocycles. The van der Waals surface area contributed by atoms with Gasteiger partial charge in [-0.25, -0.2) is 10.5 Å². The number of nitrogens with one attached hydrogen (secondary N) is 1. The van der Waals surface area contributed by atoms with Crippen molar-refractivity contribution in [2.45, 2.75) is 0 Å². The van der Waals surface area contributed by atoms with Gasteiger partial charge in [0, 0.05) is 4.47 Å². The topological polar surface area (TPSA) is 75.4 Å². The summed E-state index contributed by atoms with van der Waals surface area (Å²) in [6.45, 7) is 0. The molecule has 2 aromatic rings. The molecule has 1 amide bonds. The van der Waals surface area contributed by atoms with Crippen LogP contribution in [0.3, 0.4) is 0 Å². The summed E-state index contributed by atoms with van der Waals surface area (Å²) in [5, 5.41) is 8.43. The monoisotopic (exact) mass is 282 g/mol. The first kappa shape index (κ1) is 10.8. The molecular weight excluding hydrogens is 276 g/mol. The fourth-order valence-electron chi connectivity index (χ4n) is 1.19. The summed E-state index contributed by atoms with van der Waals surface area (Å²) in [7, 11) is 0. The summed E-state index contributed by atoms with van der Waals surface area (Å²) in [6.07, 6.45) is 1.18. The van der Waals surface area contributed by atoms with Gasteiger partial charge in [0.05, 0.1) is 5.56 Å². The Morgan fingerprint density at radius 1 is 1.44 bits per heavy atom. The smallest absolute Gasteiger partial charge is 0.296 e. The zero-order chi connectivity index (χ0) is 11.5. The van der Waals surface area contributed by atoms with Crippen LogP contribution in [0, 0.1) is 0 Å². The second-order valence-corrected chi connectivity index (χ2v) is 3.81. The van der Waals surface area contributed by atoms with E-state index in [0.717, 1.165) is 10.0 Å². The lowest BCUT2D eigenvalue weighted by atomic mass is 10.2. The van der Waals surface area contributed by atoms with Gasteiger partial charge in [0.1, 0.15) is 6.26 Å². The van der Waals surface area contributed by atoms with Crippen LogP contribution in [0.25, 0.3) is 11.5 Å². The molecule has 0 fully saturated rings. The molecule has 2 rings (SSSR count). The normalized spacial score (nSPS) is 10.1. The van der Waals surface area contributed by atoms with Gasteiger partial charge in [-0.3, -0.25) is 10.0 Å². The van der Waals surface area contributed by atoms with Crippen molar-refractivity contribution in [2.75, 3.05) is 0 Å². The van der Waals surface area contributed by atoms with Gasteiger partial charge in [-0.1, -0.05) is 12.1 Å². The number of oxazole rings is 1. The molecule has 0 saturated heterocycles. The predicted molar refractivity (Wildman–Crippen MR) is 58.9 cm³/mol.